The molecule has 1 aliphatic rings. The molecule has 168 valence electrons. The van der Waals surface area contributed by atoms with E-state index in [1.165, 1.54) is 22.7 Å². The first-order chi connectivity index (χ1) is 15.9. The van der Waals surface area contributed by atoms with E-state index in [2.05, 4.69) is 10.9 Å². The van der Waals surface area contributed by atoms with Crippen LogP contribution in [0, 0.1) is 12.3 Å². The maximum Gasteiger partial charge on any atom is 0.338 e. The van der Waals surface area contributed by atoms with Crippen molar-refractivity contribution in [3.05, 3.63) is 82.1 Å². The molecule has 33 heavy (non-hydrogen) atoms. The van der Waals surface area contributed by atoms with Gasteiger partial charge in [0.2, 0.25) is 0 Å². The fourth-order valence-corrected chi connectivity index (χ4v) is 5.57. The normalized spacial score (nSPS) is 15.6. The quantitative estimate of drug-likeness (QED) is 0.385. The second kappa shape index (κ2) is 9.79. The number of aromatic nitrogens is 1. The summed E-state index contributed by atoms with van der Waals surface area (Å²) in [6.07, 6.45) is 7.02. The molecule has 0 saturated heterocycles. The lowest BCUT2D eigenvalue weighted by Gasteiger charge is -2.23. The minimum atomic E-state index is -0.612. The van der Waals surface area contributed by atoms with Gasteiger partial charge in [0.1, 0.15) is 18.4 Å². The molecule has 0 unspecified atom stereocenters. The maximum absolute atomic E-state index is 13.6. The Morgan fingerprint density at radius 1 is 1.39 bits per heavy atom. The molecule has 0 radical (unpaired) electrons. The van der Waals surface area contributed by atoms with Crippen molar-refractivity contribution < 1.29 is 14.3 Å². The van der Waals surface area contributed by atoms with E-state index < -0.39 is 12.0 Å². The van der Waals surface area contributed by atoms with Gasteiger partial charge in [0, 0.05) is 15.5 Å². The van der Waals surface area contributed by atoms with Crippen molar-refractivity contribution in [3.63, 3.8) is 0 Å². The molecule has 3 heterocycles. The average molecular weight is 499 g/mol. The zero-order valence-corrected chi connectivity index (χ0v) is 20.2. The van der Waals surface area contributed by atoms with Crippen LogP contribution >= 0.6 is 34.3 Å². The van der Waals surface area contributed by atoms with Crippen molar-refractivity contribution in [2.45, 2.75) is 19.9 Å². The Labute approximate surface area is 203 Å². The topological polar surface area (TPSA) is 69.9 Å². The lowest BCUT2D eigenvalue weighted by molar-refractivity contribution is -0.139. The number of fused-ring (bicyclic) bond motifs is 1. The molecule has 2 aromatic heterocycles. The molecule has 1 aliphatic heterocycles. The Morgan fingerprint density at radius 3 is 2.91 bits per heavy atom. The SMILES string of the molecule is C#CCOc1ccc(Cl)cc1/C=c1\sc2n(c1=O)[C@H](c1cccs1)C(C(=O)OCC)=C(C)N=2. The van der Waals surface area contributed by atoms with E-state index in [0.717, 1.165) is 4.88 Å². The lowest BCUT2D eigenvalue weighted by Crippen LogP contribution is -2.39. The third kappa shape index (κ3) is 4.53. The predicted molar refractivity (Wildman–Crippen MR) is 130 cm³/mol. The molecule has 0 spiro atoms. The summed E-state index contributed by atoms with van der Waals surface area (Å²) in [6, 6.07) is 8.27. The Morgan fingerprint density at radius 2 is 2.21 bits per heavy atom. The minimum Gasteiger partial charge on any atom is -0.480 e. The first-order valence-electron chi connectivity index (χ1n) is 10.0. The first kappa shape index (κ1) is 23.1. The van der Waals surface area contributed by atoms with Crippen LogP contribution in [-0.4, -0.2) is 23.8 Å². The molecule has 0 bridgehead atoms. The zero-order chi connectivity index (χ0) is 23.5. The summed E-state index contributed by atoms with van der Waals surface area (Å²) in [6.45, 7) is 3.82. The van der Waals surface area contributed by atoms with Gasteiger partial charge < -0.3 is 9.47 Å². The summed E-state index contributed by atoms with van der Waals surface area (Å²) in [4.78, 5) is 32.3. The Kier molecular flexibility index (Phi) is 6.84. The summed E-state index contributed by atoms with van der Waals surface area (Å²) >= 11 is 8.88. The number of hydrogen-bond acceptors (Lipinski definition) is 7. The van der Waals surface area contributed by atoms with E-state index in [1.807, 2.05) is 17.5 Å². The molecule has 9 heteroatoms. The van der Waals surface area contributed by atoms with Crippen molar-refractivity contribution in [2.75, 3.05) is 13.2 Å². The molecule has 6 nitrogen and oxygen atoms in total. The zero-order valence-electron chi connectivity index (χ0n) is 17.8. The summed E-state index contributed by atoms with van der Waals surface area (Å²) < 4.78 is 12.9. The Balaban J connectivity index is 1.92. The monoisotopic (exact) mass is 498 g/mol. The van der Waals surface area contributed by atoms with Gasteiger partial charge in [-0.25, -0.2) is 9.79 Å². The summed E-state index contributed by atoms with van der Waals surface area (Å²) in [5.74, 6) is 2.46. The number of hydrogen-bond donors (Lipinski definition) is 0. The van der Waals surface area contributed by atoms with E-state index in [0.29, 0.717) is 36.9 Å². The average Bonchev–Trinajstić information content (AvgIpc) is 3.41. The number of thiazole rings is 1. The van der Waals surface area contributed by atoms with Gasteiger partial charge in [0.15, 0.2) is 4.80 Å². The van der Waals surface area contributed by atoms with Gasteiger partial charge in [-0.3, -0.25) is 9.36 Å². The number of carbonyl (C=O) groups is 1. The van der Waals surface area contributed by atoms with Crippen LogP contribution in [0.5, 0.6) is 5.75 Å². The van der Waals surface area contributed by atoms with E-state index in [1.54, 1.807) is 42.7 Å². The van der Waals surface area contributed by atoms with Gasteiger partial charge in [-0.2, -0.15) is 0 Å². The van der Waals surface area contributed by atoms with Crippen LogP contribution < -0.4 is 19.6 Å². The Hall–Kier alpha value is -3.12. The number of terminal acetylenes is 1. The van der Waals surface area contributed by atoms with Crippen molar-refractivity contribution in [3.8, 4) is 18.1 Å². The molecule has 0 saturated carbocycles. The highest BCUT2D eigenvalue weighted by atomic mass is 35.5. The number of rotatable bonds is 6. The van der Waals surface area contributed by atoms with Gasteiger partial charge in [0.25, 0.3) is 5.56 Å². The molecule has 0 N–H and O–H groups in total. The summed E-state index contributed by atoms with van der Waals surface area (Å²) in [5, 5.41) is 2.41. The third-order valence-corrected chi connectivity index (χ3v) is 7.04. The minimum absolute atomic E-state index is 0.0875. The molecular formula is C24H19ClN2O4S2. The number of esters is 1. The van der Waals surface area contributed by atoms with Crippen molar-refractivity contribution in [1.29, 1.82) is 0 Å². The summed E-state index contributed by atoms with van der Waals surface area (Å²) in [5.41, 5.74) is 1.24. The Bertz CT molecular complexity index is 1460. The standard InChI is InChI=1S/C24H19ClN2O4S2/c1-4-10-31-17-9-8-16(25)12-15(17)13-19-22(28)27-21(18-7-6-11-32-18)20(23(29)30-5-2)14(3)26-24(27)33-19/h1,6-9,11-13,21H,5,10H2,2-3H3/b19-13-/t21-/m1/s1. The molecule has 0 fully saturated rings. The van der Waals surface area contributed by atoms with Crippen LogP contribution in [0.4, 0.5) is 0 Å². The predicted octanol–water partition coefficient (Wildman–Crippen LogP) is 3.53. The van der Waals surface area contributed by atoms with Gasteiger partial charge in [-0.15, -0.1) is 17.8 Å². The van der Waals surface area contributed by atoms with E-state index in [4.69, 9.17) is 27.5 Å². The van der Waals surface area contributed by atoms with Crippen LogP contribution in [0.25, 0.3) is 6.08 Å². The van der Waals surface area contributed by atoms with Crippen LogP contribution in [0.15, 0.2) is 56.8 Å². The van der Waals surface area contributed by atoms with Gasteiger partial charge in [0.05, 0.1) is 22.4 Å². The first-order valence-corrected chi connectivity index (χ1v) is 12.1. The van der Waals surface area contributed by atoms with Gasteiger partial charge >= 0.3 is 5.97 Å². The highest BCUT2D eigenvalue weighted by Crippen LogP contribution is 2.33. The number of ether oxygens (including phenoxy) is 2. The number of carbonyl (C=O) groups excluding carboxylic acids is 1. The molecule has 1 aromatic carbocycles. The number of halogens is 1. The number of thiophene rings is 1. The number of benzene rings is 1. The highest BCUT2D eigenvalue weighted by Gasteiger charge is 2.33. The van der Waals surface area contributed by atoms with Crippen LogP contribution in [-0.2, 0) is 9.53 Å². The fraction of sp³-hybridized carbons (Fsp3) is 0.208. The fourth-order valence-electron chi connectivity index (χ4n) is 3.53. The smallest absolute Gasteiger partial charge is 0.338 e. The molecule has 0 amide bonds. The van der Waals surface area contributed by atoms with Gasteiger partial charge in [-0.1, -0.05) is 34.9 Å². The third-order valence-electron chi connectivity index (χ3n) is 4.90. The largest absolute Gasteiger partial charge is 0.480 e. The molecule has 0 aliphatic carbocycles. The van der Waals surface area contributed by atoms with Crippen LogP contribution in [0.3, 0.4) is 0 Å². The van der Waals surface area contributed by atoms with Gasteiger partial charge in [-0.05, 0) is 49.6 Å². The van der Waals surface area contributed by atoms with Crippen LogP contribution in [0.1, 0.15) is 30.3 Å². The lowest BCUT2D eigenvalue weighted by atomic mass is 10.0. The number of allylic oxidation sites excluding steroid dienone is 1. The van der Waals surface area contributed by atoms with Crippen molar-refractivity contribution in [1.82, 2.24) is 4.57 Å². The van der Waals surface area contributed by atoms with E-state index in [-0.39, 0.29) is 18.8 Å². The second-order valence-corrected chi connectivity index (χ2v) is 9.42. The van der Waals surface area contributed by atoms with Crippen molar-refractivity contribution >= 4 is 46.3 Å². The summed E-state index contributed by atoms with van der Waals surface area (Å²) in [7, 11) is 0. The number of nitrogens with zero attached hydrogens (tertiary/aromatic N) is 2. The molecule has 4 rings (SSSR count). The van der Waals surface area contributed by atoms with Crippen LogP contribution in [0.2, 0.25) is 5.02 Å². The highest BCUT2D eigenvalue weighted by molar-refractivity contribution is 7.10. The molecular weight excluding hydrogens is 480 g/mol. The second-order valence-electron chi connectivity index (χ2n) is 6.99. The maximum atomic E-state index is 13.6. The van der Waals surface area contributed by atoms with Crippen molar-refractivity contribution in [2.24, 2.45) is 4.99 Å². The molecule has 3 aromatic rings. The van der Waals surface area contributed by atoms with E-state index in [9.17, 15) is 9.59 Å². The van der Waals surface area contributed by atoms with E-state index >= 15 is 0 Å². The molecule has 1 atom stereocenters.